The van der Waals surface area contributed by atoms with E-state index >= 15 is 0 Å². The van der Waals surface area contributed by atoms with E-state index in [4.69, 9.17) is 4.74 Å². The molecule has 3 rings (SSSR count). The quantitative estimate of drug-likeness (QED) is 0.418. The summed E-state index contributed by atoms with van der Waals surface area (Å²) >= 11 is 1.49. The number of urea groups is 1. The molecule has 1 atom stereocenters. The molecule has 0 bridgehead atoms. The molecule has 152 valence electrons. The van der Waals surface area contributed by atoms with Crippen molar-refractivity contribution in [3.05, 3.63) is 82.0 Å². The number of carbonyl (C=O) groups is 1. The summed E-state index contributed by atoms with van der Waals surface area (Å²) in [5, 5.41) is 16.1. The fourth-order valence-corrected chi connectivity index (χ4v) is 3.71. The molecule has 29 heavy (non-hydrogen) atoms. The average molecular weight is 411 g/mol. The smallest absolute Gasteiger partial charge is 0.319 e. The molecule has 0 radical (unpaired) electrons. The van der Waals surface area contributed by atoms with Crippen molar-refractivity contribution in [2.24, 2.45) is 0 Å². The third kappa shape index (κ3) is 6.34. The first-order chi connectivity index (χ1) is 14.2. The molecule has 0 spiro atoms. The van der Waals surface area contributed by atoms with Crippen molar-refractivity contribution in [2.45, 2.75) is 32.4 Å². The predicted molar refractivity (Wildman–Crippen MR) is 118 cm³/mol. The summed E-state index contributed by atoms with van der Waals surface area (Å²) in [6.07, 6.45) is 1.47. The van der Waals surface area contributed by atoms with E-state index in [0.717, 1.165) is 33.9 Å². The van der Waals surface area contributed by atoms with E-state index in [1.165, 1.54) is 11.3 Å². The van der Waals surface area contributed by atoms with Crippen molar-refractivity contribution >= 4 is 23.1 Å². The first kappa shape index (κ1) is 20.9. The highest BCUT2D eigenvalue weighted by Crippen LogP contribution is 2.28. The van der Waals surface area contributed by atoms with E-state index in [0.29, 0.717) is 18.8 Å². The summed E-state index contributed by atoms with van der Waals surface area (Å²) < 4.78 is 5.62. The SMILES string of the molecule is CCCCOc1ccc(NC(=O)NCc2ccc(C(O)c3ccccc3)s2)cc1. The normalized spacial score (nSPS) is 11.7. The molecule has 1 unspecified atom stereocenters. The van der Waals surface area contributed by atoms with Crippen LogP contribution in [-0.2, 0) is 6.54 Å². The maximum atomic E-state index is 12.1. The van der Waals surface area contributed by atoms with Crippen molar-refractivity contribution in [2.75, 3.05) is 11.9 Å². The number of anilines is 1. The standard InChI is InChI=1S/C23H26N2O3S/c1-2-3-15-28-19-11-9-18(10-12-19)25-23(27)24-16-20-13-14-21(29-20)22(26)17-7-5-4-6-8-17/h4-14,22,26H,2-3,15-16H2,1H3,(H2,24,25,27). The monoisotopic (exact) mass is 410 g/mol. The molecular weight excluding hydrogens is 384 g/mol. The molecule has 2 amide bonds. The van der Waals surface area contributed by atoms with E-state index in [9.17, 15) is 9.90 Å². The van der Waals surface area contributed by atoms with Crippen LogP contribution in [0.3, 0.4) is 0 Å². The number of unbranched alkanes of at least 4 members (excludes halogenated alkanes) is 1. The lowest BCUT2D eigenvalue weighted by molar-refractivity contribution is 0.224. The molecule has 3 aromatic rings. The molecule has 0 fully saturated rings. The zero-order chi connectivity index (χ0) is 20.5. The number of rotatable bonds is 9. The third-order valence-electron chi connectivity index (χ3n) is 4.37. The van der Waals surface area contributed by atoms with Crippen molar-refractivity contribution in [1.82, 2.24) is 5.32 Å². The Morgan fingerprint density at radius 2 is 1.83 bits per heavy atom. The van der Waals surface area contributed by atoms with Crippen LogP contribution in [0.1, 0.15) is 41.2 Å². The summed E-state index contributed by atoms with van der Waals surface area (Å²) in [6, 6.07) is 20.4. The Morgan fingerprint density at radius 1 is 1.07 bits per heavy atom. The first-order valence-corrected chi connectivity index (χ1v) is 10.6. The minimum atomic E-state index is -0.651. The Hall–Kier alpha value is -2.83. The van der Waals surface area contributed by atoms with Crippen LogP contribution < -0.4 is 15.4 Å². The zero-order valence-corrected chi connectivity index (χ0v) is 17.2. The Morgan fingerprint density at radius 3 is 2.55 bits per heavy atom. The lowest BCUT2D eigenvalue weighted by atomic mass is 10.1. The van der Waals surface area contributed by atoms with E-state index in [1.807, 2.05) is 66.7 Å². The predicted octanol–water partition coefficient (Wildman–Crippen LogP) is 5.33. The number of aliphatic hydroxyl groups excluding tert-OH is 1. The number of aliphatic hydroxyl groups is 1. The second-order valence-electron chi connectivity index (χ2n) is 6.65. The molecule has 3 N–H and O–H groups in total. The number of ether oxygens (including phenoxy) is 1. The van der Waals surface area contributed by atoms with Gasteiger partial charge in [-0.2, -0.15) is 0 Å². The van der Waals surface area contributed by atoms with Gasteiger partial charge in [-0.15, -0.1) is 11.3 Å². The maximum absolute atomic E-state index is 12.1. The highest BCUT2D eigenvalue weighted by molar-refractivity contribution is 7.12. The summed E-state index contributed by atoms with van der Waals surface area (Å²) in [4.78, 5) is 14.0. The van der Waals surface area contributed by atoms with E-state index in [2.05, 4.69) is 17.6 Å². The summed E-state index contributed by atoms with van der Waals surface area (Å²) in [5.41, 5.74) is 1.56. The molecule has 5 nitrogen and oxygen atoms in total. The molecular formula is C23H26N2O3S. The number of hydrogen-bond acceptors (Lipinski definition) is 4. The summed E-state index contributed by atoms with van der Waals surface area (Å²) in [6.45, 7) is 3.22. The third-order valence-corrected chi connectivity index (χ3v) is 5.51. The van der Waals surface area contributed by atoms with Gasteiger partial charge >= 0.3 is 6.03 Å². The molecule has 0 aliphatic rings. The molecule has 0 aliphatic carbocycles. The number of carbonyl (C=O) groups excluding carboxylic acids is 1. The van der Waals surface area contributed by atoms with Crippen LogP contribution in [0.5, 0.6) is 5.75 Å². The van der Waals surface area contributed by atoms with Crippen LogP contribution in [0.15, 0.2) is 66.7 Å². The van der Waals surface area contributed by atoms with Crippen LogP contribution in [0.2, 0.25) is 0 Å². The average Bonchev–Trinajstić information content (AvgIpc) is 3.23. The van der Waals surface area contributed by atoms with Crippen molar-refractivity contribution < 1.29 is 14.6 Å². The van der Waals surface area contributed by atoms with Gasteiger partial charge in [0.25, 0.3) is 0 Å². The zero-order valence-electron chi connectivity index (χ0n) is 16.4. The largest absolute Gasteiger partial charge is 0.494 e. The Kier molecular flexibility index (Phi) is 7.67. The Balaban J connectivity index is 1.47. The highest BCUT2D eigenvalue weighted by Gasteiger charge is 2.13. The van der Waals surface area contributed by atoms with Gasteiger partial charge in [-0.3, -0.25) is 0 Å². The Bertz CT molecular complexity index is 894. The molecule has 0 saturated carbocycles. The maximum Gasteiger partial charge on any atom is 0.319 e. The minimum absolute atomic E-state index is 0.275. The number of nitrogens with one attached hydrogen (secondary N) is 2. The van der Waals surface area contributed by atoms with Gasteiger partial charge in [-0.1, -0.05) is 43.7 Å². The van der Waals surface area contributed by atoms with Crippen molar-refractivity contribution in [1.29, 1.82) is 0 Å². The highest BCUT2D eigenvalue weighted by atomic mass is 32.1. The van der Waals surface area contributed by atoms with Gasteiger partial charge in [-0.25, -0.2) is 4.79 Å². The molecule has 0 aliphatic heterocycles. The van der Waals surface area contributed by atoms with Gasteiger partial charge in [0.15, 0.2) is 0 Å². The van der Waals surface area contributed by atoms with Crippen LogP contribution in [0, 0.1) is 0 Å². The summed E-state index contributed by atoms with van der Waals surface area (Å²) in [7, 11) is 0. The number of hydrogen-bond donors (Lipinski definition) is 3. The van der Waals surface area contributed by atoms with Gasteiger partial charge in [0.05, 0.1) is 13.2 Å². The number of benzene rings is 2. The van der Waals surface area contributed by atoms with E-state index < -0.39 is 6.10 Å². The lowest BCUT2D eigenvalue weighted by Crippen LogP contribution is -2.27. The number of amides is 2. The lowest BCUT2D eigenvalue weighted by Gasteiger charge is -2.09. The fraction of sp³-hybridized carbons (Fsp3) is 0.261. The number of thiophene rings is 1. The first-order valence-electron chi connectivity index (χ1n) is 9.75. The topological polar surface area (TPSA) is 70.6 Å². The Labute approximate surface area is 175 Å². The molecule has 1 aromatic heterocycles. The minimum Gasteiger partial charge on any atom is -0.494 e. The second kappa shape index (κ2) is 10.6. The van der Waals surface area contributed by atoms with Gasteiger partial charge in [0.2, 0.25) is 0 Å². The van der Waals surface area contributed by atoms with Crippen LogP contribution >= 0.6 is 11.3 Å². The van der Waals surface area contributed by atoms with Gasteiger partial charge in [0.1, 0.15) is 11.9 Å². The van der Waals surface area contributed by atoms with E-state index in [1.54, 1.807) is 0 Å². The van der Waals surface area contributed by atoms with Crippen LogP contribution in [0.4, 0.5) is 10.5 Å². The summed E-state index contributed by atoms with van der Waals surface area (Å²) in [5.74, 6) is 0.799. The van der Waals surface area contributed by atoms with Gasteiger partial charge < -0.3 is 20.5 Å². The second-order valence-corrected chi connectivity index (χ2v) is 7.85. The molecule has 1 heterocycles. The van der Waals surface area contributed by atoms with Crippen molar-refractivity contribution in [3.63, 3.8) is 0 Å². The van der Waals surface area contributed by atoms with Crippen molar-refractivity contribution in [3.8, 4) is 5.75 Å². The van der Waals surface area contributed by atoms with Gasteiger partial charge in [0, 0.05) is 15.4 Å². The molecule has 6 heteroatoms. The fourth-order valence-electron chi connectivity index (χ4n) is 2.75. The molecule has 0 saturated heterocycles. The van der Waals surface area contributed by atoms with Gasteiger partial charge in [-0.05, 0) is 48.4 Å². The van der Waals surface area contributed by atoms with Crippen LogP contribution in [0.25, 0.3) is 0 Å². The van der Waals surface area contributed by atoms with Crippen LogP contribution in [-0.4, -0.2) is 17.7 Å². The molecule has 2 aromatic carbocycles. The van der Waals surface area contributed by atoms with E-state index in [-0.39, 0.29) is 6.03 Å².